The van der Waals surface area contributed by atoms with Crippen molar-refractivity contribution in [3.05, 3.63) is 40.3 Å². The molecular formula is C16H19N3O4S. The maximum absolute atomic E-state index is 12.5. The van der Waals surface area contributed by atoms with Gasteiger partial charge in [-0.25, -0.2) is 13.1 Å². The summed E-state index contributed by atoms with van der Waals surface area (Å²) in [5.74, 6) is -0.238. The van der Waals surface area contributed by atoms with Gasteiger partial charge in [-0.1, -0.05) is 18.2 Å². The molecule has 24 heavy (non-hydrogen) atoms. The van der Waals surface area contributed by atoms with Crippen molar-refractivity contribution in [1.29, 1.82) is 0 Å². The number of carbonyl (C=O) groups excluding carboxylic acids is 1. The number of sulfone groups is 1. The molecule has 7 nitrogen and oxygen atoms in total. The average Bonchev–Trinajstić information content (AvgIpc) is 2.91. The summed E-state index contributed by atoms with van der Waals surface area (Å²) < 4.78 is 24.3. The summed E-state index contributed by atoms with van der Waals surface area (Å²) in [5, 5.41) is 5.50. The van der Waals surface area contributed by atoms with Crippen molar-refractivity contribution in [2.24, 2.45) is 0 Å². The molecule has 0 N–H and O–H groups in total. The standard InChI is InChI=1S/C16H19N3O4S/c1-11-13-5-3-4-6-14(13)16(21)19(17-11)9-15(20)18(2)12-7-8-24(22,23)10-12/h3-6,12H,7-10H2,1-2H3. The highest BCUT2D eigenvalue weighted by molar-refractivity contribution is 7.91. The number of fused-ring (bicyclic) bond motifs is 1. The maximum Gasteiger partial charge on any atom is 0.275 e. The Morgan fingerprint density at radius 2 is 2.00 bits per heavy atom. The molecule has 128 valence electrons. The van der Waals surface area contributed by atoms with Gasteiger partial charge in [-0.2, -0.15) is 5.10 Å². The van der Waals surface area contributed by atoms with Gasteiger partial charge in [-0.15, -0.1) is 0 Å². The third-order valence-corrected chi connectivity index (χ3v) is 6.24. The zero-order valence-electron chi connectivity index (χ0n) is 13.6. The highest BCUT2D eigenvalue weighted by atomic mass is 32.2. The lowest BCUT2D eigenvalue weighted by atomic mass is 10.1. The number of benzene rings is 1. The van der Waals surface area contributed by atoms with Gasteiger partial charge in [0, 0.05) is 18.5 Å². The third-order valence-electron chi connectivity index (χ3n) is 4.49. The van der Waals surface area contributed by atoms with Gasteiger partial charge in [-0.3, -0.25) is 9.59 Å². The lowest BCUT2D eigenvalue weighted by Crippen LogP contribution is -2.41. The Labute approximate surface area is 139 Å². The van der Waals surface area contributed by atoms with Crippen molar-refractivity contribution in [3.63, 3.8) is 0 Å². The number of aryl methyl sites for hydroxylation is 1. The molecule has 1 amide bonds. The minimum atomic E-state index is -3.07. The number of hydrogen-bond acceptors (Lipinski definition) is 5. The van der Waals surface area contributed by atoms with Crippen molar-refractivity contribution < 1.29 is 13.2 Å². The fraction of sp³-hybridized carbons (Fsp3) is 0.438. The zero-order chi connectivity index (χ0) is 17.5. The van der Waals surface area contributed by atoms with Gasteiger partial charge >= 0.3 is 0 Å². The SMILES string of the molecule is Cc1nn(CC(=O)N(C)C2CCS(=O)(=O)C2)c(=O)c2ccccc12. The molecule has 2 aromatic rings. The van der Waals surface area contributed by atoms with E-state index in [1.54, 1.807) is 26.1 Å². The lowest BCUT2D eigenvalue weighted by Gasteiger charge is -2.23. The minimum absolute atomic E-state index is 0.0195. The van der Waals surface area contributed by atoms with Gasteiger partial charge in [0.25, 0.3) is 5.56 Å². The van der Waals surface area contributed by atoms with Crippen molar-refractivity contribution in [1.82, 2.24) is 14.7 Å². The quantitative estimate of drug-likeness (QED) is 0.798. The Kier molecular flexibility index (Phi) is 4.16. The van der Waals surface area contributed by atoms with Crippen LogP contribution in [-0.2, 0) is 21.2 Å². The molecule has 1 aromatic carbocycles. The van der Waals surface area contributed by atoms with E-state index in [2.05, 4.69) is 5.10 Å². The van der Waals surface area contributed by atoms with E-state index in [0.29, 0.717) is 17.5 Å². The number of carbonyl (C=O) groups is 1. The van der Waals surface area contributed by atoms with Crippen LogP contribution in [0.2, 0.25) is 0 Å². The van der Waals surface area contributed by atoms with Crippen molar-refractivity contribution in [2.75, 3.05) is 18.6 Å². The van der Waals surface area contributed by atoms with Crippen molar-refractivity contribution in [3.8, 4) is 0 Å². The van der Waals surface area contributed by atoms with Gasteiger partial charge in [0.2, 0.25) is 5.91 Å². The smallest absolute Gasteiger partial charge is 0.275 e. The molecule has 1 saturated heterocycles. The average molecular weight is 349 g/mol. The van der Waals surface area contributed by atoms with Crippen LogP contribution in [-0.4, -0.2) is 53.6 Å². The highest BCUT2D eigenvalue weighted by Crippen LogP contribution is 2.17. The first-order chi connectivity index (χ1) is 11.3. The molecule has 8 heteroatoms. The van der Waals surface area contributed by atoms with Gasteiger partial charge in [0.15, 0.2) is 9.84 Å². The Bertz CT molecular complexity index is 965. The first kappa shape index (κ1) is 16.6. The predicted molar refractivity (Wildman–Crippen MR) is 90.6 cm³/mol. The van der Waals surface area contributed by atoms with Gasteiger partial charge in [-0.05, 0) is 19.4 Å². The molecule has 0 aliphatic carbocycles. The van der Waals surface area contributed by atoms with Crippen LogP contribution in [0.3, 0.4) is 0 Å². The Morgan fingerprint density at radius 3 is 2.62 bits per heavy atom. The molecule has 1 fully saturated rings. The van der Waals surface area contributed by atoms with Crippen LogP contribution in [0.4, 0.5) is 0 Å². The van der Waals surface area contributed by atoms with Crippen LogP contribution in [0.1, 0.15) is 12.1 Å². The maximum atomic E-state index is 12.5. The number of aromatic nitrogens is 2. The van der Waals surface area contributed by atoms with E-state index in [1.807, 2.05) is 12.1 Å². The first-order valence-electron chi connectivity index (χ1n) is 7.71. The van der Waals surface area contributed by atoms with E-state index in [1.165, 1.54) is 4.90 Å². The number of likely N-dealkylation sites (N-methyl/N-ethyl adjacent to an activating group) is 1. The van der Waals surface area contributed by atoms with E-state index in [4.69, 9.17) is 0 Å². The molecule has 0 spiro atoms. The fourth-order valence-corrected chi connectivity index (χ4v) is 4.81. The molecule has 3 rings (SSSR count). The summed E-state index contributed by atoms with van der Waals surface area (Å²) >= 11 is 0. The zero-order valence-corrected chi connectivity index (χ0v) is 14.4. The molecule has 1 aliphatic rings. The fourth-order valence-electron chi connectivity index (χ4n) is 3.04. The Morgan fingerprint density at radius 1 is 1.33 bits per heavy atom. The summed E-state index contributed by atoms with van der Waals surface area (Å²) in [6.07, 6.45) is 0.434. The molecule has 1 aliphatic heterocycles. The van der Waals surface area contributed by atoms with Crippen molar-refractivity contribution in [2.45, 2.75) is 25.9 Å². The molecule has 1 atom stereocenters. The van der Waals surface area contributed by atoms with Crippen molar-refractivity contribution >= 4 is 26.5 Å². The van der Waals surface area contributed by atoms with Crippen LogP contribution >= 0.6 is 0 Å². The lowest BCUT2D eigenvalue weighted by molar-refractivity contribution is -0.132. The second-order valence-corrected chi connectivity index (χ2v) is 8.38. The number of amides is 1. The third kappa shape index (κ3) is 3.06. The molecule has 0 radical (unpaired) electrons. The number of hydrogen-bond donors (Lipinski definition) is 0. The molecule has 1 aromatic heterocycles. The van der Waals surface area contributed by atoms with Crippen LogP contribution in [0.15, 0.2) is 29.1 Å². The van der Waals surface area contributed by atoms with Crippen LogP contribution < -0.4 is 5.56 Å². The molecule has 0 bridgehead atoms. The van der Waals surface area contributed by atoms with Gasteiger partial charge in [0.1, 0.15) is 6.54 Å². The number of rotatable bonds is 3. The summed E-state index contributed by atoms with van der Waals surface area (Å²) in [5.41, 5.74) is 0.348. The van der Waals surface area contributed by atoms with Gasteiger partial charge < -0.3 is 4.90 Å². The van der Waals surface area contributed by atoms with Crippen LogP contribution in [0.5, 0.6) is 0 Å². The summed E-state index contributed by atoms with van der Waals surface area (Å²) in [6, 6.07) is 6.80. The highest BCUT2D eigenvalue weighted by Gasteiger charge is 2.32. The van der Waals surface area contributed by atoms with Crippen LogP contribution in [0.25, 0.3) is 10.8 Å². The normalized spacial score (nSPS) is 19.5. The Balaban J connectivity index is 1.86. The van der Waals surface area contributed by atoms with E-state index in [0.717, 1.165) is 10.1 Å². The second-order valence-electron chi connectivity index (χ2n) is 6.16. The number of nitrogens with zero attached hydrogens (tertiary/aromatic N) is 3. The summed E-state index contributed by atoms with van der Waals surface area (Å²) in [4.78, 5) is 26.4. The van der Waals surface area contributed by atoms with E-state index in [-0.39, 0.29) is 35.6 Å². The van der Waals surface area contributed by atoms with E-state index in [9.17, 15) is 18.0 Å². The van der Waals surface area contributed by atoms with Crippen LogP contribution in [0, 0.1) is 6.92 Å². The van der Waals surface area contributed by atoms with E-state index >= 15 is 0 Å². The topological polar surface area (TPSA) is 89.3 Å². The van der Waals surface area contributed by atoms with E-state index < -0.39 is 9.84 Å². The largest absolute Gasteiger partial charge is 0.340 e. The predicted octanol–water partition coefficient (Wildman–Crippen LogP) is 0.350. The summed E-state index contributed by atoms with van der Waals surface area (Å²) in [7, 11) is -1.49. The first-order valence-corrected chi connectivity index (χ1v) is 9.53. The molecule has 2 heterocycles. The molecule has 1 unspecified atom stereocenters. The van der Waals surface area contributed by atoms with Gasteiger partial charge in [0.05, 0.1) is 22.6 Å². The second kappa shape index (κ2) is 6.01. The minimum Gasteiger partial charge on any atom is -0.340 e. The molecular weight excluding hydrogens is 330 g/mol. The summed E-state index contributed by atoms with van der Waals surface area (Å²) in [6.45, 7) is 1.59. The monoisotopic (exact) mass is 349 g/mol. The molecule has 0 saturated carbocycles. The Hall–Kier alpha value is -2.22.